The van der Waals surface area contributed by atoms with Crippen LogP contribution in [0.2, 0.25) is 0 Å². The molecule has 138 valence electrons. The number of pyridine rings is 1. The number of nitrogens with one attached hydrogen (secondary N) is 2. The third-order valence-corrected chi connectivity index (χ3v) is 3.63. The number of rotatable bonds is 7. The minimum absolute atomic E-state index is 0.0295. The fraction of sp³-hybridized carbons (Fsp3) is 0.316. The summed E-state index contributed by atoms with van der Waals surface area (Å²) in [6, 6.07) is 10.5. The number of urea groups is 1. The van der Waals surface area contributed by atoms with Crippen LogP contribution in [0.15, 0.2) is 48.8 Å². The molecule has 0 spiro atoms. The molecule has 2 N–H and O–H groups in total. The zero-order chi connectivity index (χ0) is 18.9. The molecule has 3 amide bonds. The lowest BCUT2D eigenvalue weighted by atomic mass is 10.1. The van der Waals surface area contributed by atoms with Gasteiger partial charge in [-0.2, -0.15) is 0 Å². The van der Waals surface area contributed by atoms with Crippen molar-refractivity contribution < 1.29 is 14.3 Å². The number of hydrogen-bond donors (Lipinski definition) is 2. The van der Waals surface area contributed by atoms with Gasteiger partial charge in [-0.1, -0.05) is 18.2 Å². The summed E-state index contributed by atoms with van der Waals surface area (Å²) in [5.74, 6) is 0.618. The summed E-state index contributed by atoms with van der Waals surface area (Å²) in [6.45, 7) is 2.19. The van der Waals surface area contributed by atoms with Crippen molar-refractivity contribution in [2.75, 3.05) is 26.0 Å². The number of para-hydroxylation sites is 1. The molecule has 0 aliphatic heterocycles. The third kappa shape index (κ3) is 6.08. The van der Waals surface area contributed by atoms with Crippen molar-refractivity contribution in [2.24, 2.45) is 0 Å². The van der Waals surface area contributed by atoms with Gasteiger partial charge in [0.1, 0.15) is 11.9 Å². The number of aromatic nitrogens is 1. The van der Waals surface area contributed by atoms with E-state index in [2.05, 4.69) is 15.6 Å². The molecule has 0 fully saturated rings. The van der Waals surface area contributed by atoms with Gasteiger partial charge in [-0.05, 0) is 30.7 Å². The van der Waals surface area contributed by atoms with Gasteiger partial charge in [-0.25, -0.2) is 4.79 Å². The molecule has 7 heteroatoms. The van der Waals surface area contributed by atoms with Gasteiger partial charge in [0, 0.05) is 26.0 Å². The van der Waals surface area contributed by atoms with E-state index < -0.39 is 0 Å². The highest BCUT2D eigenvalue weighted by Gasteiger charge is 2.12. The average Bonchev–Trinajstić information content (AvgIpc) is 2.62. The van der Waals surface area contributed by atoms with Crippen LogP contribution in [0.1, 0.15) is 12.5 Å². The molecule has 26 heavy (non-hydrogen) atoms. The van der Waals surface area contributed by atoms with Gasteiger partial charge in [-0.15, -0.1) is 0 Å². The van der Waals surface area contributed by atoms with E-state index in [0.29, 0.717) is 18.0 Å². The molecule has 0 saturated carbocycles. The number of amides is 3. The summed E-state index contributed by atoms with van der Waals surface area (Å²) in [6.07, 6.45) is 3.30. The summed E-state index contributed by atoms with van der Waals surface area (Å²) in [5, 5.41) is 5.55. The van der Waals surface area contributed by atoms with Crippen molar-refractivity contribution in [1.82, 2.24) is 15.2 Å². The van der Waals surface area contributed by atoms with Gasteiger partial charge in [0.2, 0.25) is 5.91 Å². The Balaban J connectivity index is 1.86. The number of anilines is 1. The zero-order valence-electron chi connectivity index (χ0n) is 15.2. The van der Waals surface area contributed by atoms with Crippen LogP contribution in [0.3, 0.4) is 0 Å². The Bertz CT molecular complexity index is 735. The van der Waals surface area contributed by atoms with E-state index in [1.54, 1.807) is 38.6 Å². The SMILES string of the molecule is C[C@@H](CNC(=O)Nc1ccccc1CC(=O)N(C)C)Oc1cccnc1. The second-order valence-corrected chi connectivity index (χ2v) is 6.07. The lowest BCUT2D eigenvalue weighted by Gasteiger charge is -2.17. The monoisotopic (exact) mass is 356 g/mol. The first kappa shape index (κ1) is 19.2. The standard InChI is InChI=1S/C19H24N4O3/c1-14(26-16-8-6-10-20-13-16)12-21-19(25)22-17-9-5-4-7-15(17)11-18(24)23(2)3/h4-10,13-14H,11-12H2,1-3H3,(H2,21,22,25)/t14-/m0/s1. The quantitative estimate of drug-likeness (QED) is 0.797. The maximum atomic E-state index is 12.2. The molecule has 0 saturated heterocycles. The summed E-state index contributed by atoms with van der Waals surface area (Å²) in [4.78, 5) is 29.6. The molecule has 1 heterocycles. The van der Waals surface area contributed by atoms with Crippen LogP contribution >= 0.6 is 0 Å². The van der Waals surface area contributed by atoms with Crippen molar-refractivity contribution in [3.8, 4) is 5.75 Å². The Morgan fingerprint density at radius 2 is 1.96 bits per heavy atom. The highest BCUT2D eigenvalue weighted by atomic mass is 16.5. The first-order valence-corrected chi connectivity index (χ1v) is 8.35. The molecule has 0 radical (unpaired) electrons. The molecule has 1 aromatic carbocycles. The molecule has 2 rings (SSSR count). The van der Waals surface area contributed by atoms with E-state index >= 15 is 0 Å². The van der Waals surface area contributed by atoms with Crippen LogP contribution in [-0.4, -0.2) is 48.6 Å². The number of likely N-dealkylation sites (N-methyl/N-ethyl adjacent to an activating group) is 1. The van der Waals surface area contributed by atoms with E-state index in [9.17, 15) is 9.59 Å². The van der Waals surface area contributed by atoms with Gasteiger partial charge in [0.25, 0.3) is 0 Å². The molecule has 1 atom stereocenters. The number of carbonyl (C=O) groups excluding carboxylic acids is 2. The van der Waals surface area contributed by atoms with Gasteiger partial charge < -0.3 is 20.3 Å². The van der Waals surface area contributed by atoms with Gasteiger partial charge >= 0.3 is 6.03 Å². The van der Waals surface area contributed by atoms with E-state index in [0.717, 1.165) is 5.56 Å². The number of nitrogens with zero attached hydrogens (tertiary/aromatic N) is 2. The molecule has 0 aliphatic carbocycles. The number of hydrogen-bond acceptors (Lipinski definition) is 4. The number of carbonyl (C=O) groups is 2. The highest BCUT2D eigenvalue weighted by molar-refractivity contribution is 5.91. The molecule has 1 aromatic heterocycles. The van der Waals surface area contributed by atoms with Crippen molar-refractivity contribution >= 4 is 17.6 Å². The molecule has 0 aliphatic rings. The van der Waals surface area contributed by atoms with Crippen molar-refractivity contribution in [3.05, 3.63) is 54.4 Å². The average molecular weight is 356 g/mol. The molecular weight excluding hydrogens is 332 g/mol. The van der Waals surface area contributed by atoms with Gasteiger partial charge in [-0.3, -0.25) is 9.78 Å². The summed E-state index contributed by atoms with van der Waals surface area (Å²) in [5.41, 5.74) is 1.38. The van der Waals surface area contributed by atoms with E-state index in [1.165, 1.54) is 4.90 Å². The predicted molar refractivity (Wildman–Crippen MR) is 100 cm³/mol. The highest BCUT2D eigenvalue weighted by Crippen LogP contribution is 2.16. The smallest absolute Gasteiger partial charge is 0.319 e. The largest absolute Gasteiger partial charge is 0.487 e. The summed E-state index contributed by atoms with van der Waals surface area (Å²) < 4.78 is 5.66. The Morgan fingerprint density at radius 3 is 2.65 bits per heavy atom. The van der Waals surface area contributed by atoms with E-state index in [-0.39, 0.29) is 24.5 Å². The Labute approximate surface area is 153 Å². The maximum Gasteiger partial charge on any atom is 0.319 e. The van der Waals surface area contributed by atoms with Crippen LogP contribution in [-0.2, 0) is 11.2 Å². The van der Waals surface area contributed by atoms with Crippen LogP contribution in [0.5, 0.6) is 5.75 Å². The minimum Gasteiger partial charge on any atom is -0.487 e. The van der Waals surface area contributed by atoms with Crippen LogP contribution in [0.4, 0.5) is 10.5 Å². The normalized spacial score (nSPS) is 11.3. The van der Waals surface area contributed by atoms with Crippen molar-refractivity contribution in [1.29, 1.82) is 0 Å². The van der Waals surface area contributed by atoms with Gasteiger partial charge in [0.05, 0.1) is 19.2 Å². The number of ether oxygens (including phenoxy) is 1. The third-order valence-electron chi connectivity index (χ3n) is 3.63. The van der Waals surface area contributed by atoms with Crippen molar-refractivity contribution in [2.45, 2.75) is 19.4 Å². The van der Waals surface area contributed by atoms with Crippen LogP contribution < -0.4 is 15.4 Å². The topological polar surface area (TPSA) is 83.6 Å². The molecule has 7 nitrogen and oxygen atoms in total. The molecular formula is C19H24N4O3. The Morgan fingerprint density at radius 1 is 1.19 bits per heavy atom. The second-order valence-electron chi connectivity index (χ2n) is 6.07. The minimum atomic E-state index is -0.351. The summed E-state index contributed by atoms with van der Waals surface area (Å²) in [7, 11) is 3.41. The van der Waals surface area contributed by atoms with Crippen LogP contribution in [0.25, 0.3) is 0 Å². The lowest BCUT2D eigenvalue weighted by molar-refractivity contribution is -0.127. The lowest BCUT2D eigenvalue weighted by Crippen LogP contribution is -2.36. The zero-order valence-corrected chi connectivity index (χ0v) is 15.2. The Hall–Kier alpha value is -3.09. The first-order chi connectivity index (χ1) is 12.5. The predicted octanol–water partition coefficient (Wildman–Crippen LogP) is 2.30. The Kier molecular flexibility index (Phi) is 6.96. The summed E-state index contributed by atoms with van der Waals surface area (Å²) >= 11 is 0. The maximum absolute atomic E-state index is 12.2. The number of benzene rings is 1. The molecule has 2 aromatic rings. The first-order valence-electron chi connectivity index (χ1n) is 8.35. The van der Waals surface area contributed by atoms with Crippen LogP contribution in [0, 0.1) is 0 Å². The van der Waals surface area contributed by atoms with Crippen molar-refractivity contribution in [3.63, 3.8) is 0 Å². The van der Waals surface area contributed by atoms with Gasteiger partial charge in [0.15, 0.2) is 0 Å². The molecule has 0 unspecified atom stereocenters. The fourth-order valence-corrected chi connectivity index (χ4v) is 2.21. The van der Waals surface area contributed by atoms with E-state index in [1.807, 2.05) is 31.2 Å². The fourth-order valence-electron chi connectivity index (χ4n) is 2.21. The van der Waals surface area contributed by atoms with E-state index in [4.69, 9.17) is 4.74 Å². The molecule has 0 bridgehead atoms. The second kappa shape index (κ2) is 9.41.